The molecule has 0 saturated heterocycles. The lowest BCUT2D eigenvalue weighted by Gasteiger charge is -2.30. The number of nitrogens with zero attached hydrogens (tertiary/aromatic N) is 2. The third kappa shape index (κ3) is 6.63. The van der Waals surface area contributed by atoms with Crippen molar-refractivity contribution in [1.82, 2.24) is 10.3 Å². The smallest absolute Gasteiger partial charge is 0.308 e. The second kappa shape index (κ2) is 12.1. The van der Waals surface area contributed by atoms with Gasteiger partial charge in [0.2, 0.25) is 0 Å². The minimum Gasteiger partial charge on any atom is -0.469 e. The highest BCUT2D eigenvalue weighted by atomic mass is 16.5. The van der Waals surface area contributed by atoms with Crippen LogP contribution in [0.1, 0.15) is 66.2 Å². The van der Waals surface area contributed by atoms with Gasteiger partial charge >= 0.3 is 5.97 Å². The van der Waals surface area contributed by atoms with Crippen LogP contribution >= 0.6 is 0 Å². The zero-order chi connectivity index (χ0) is 23.6. The van der Waals surface area contributed by atoms with Crippen molar-refractivity contribution in [3.8, 4) is 0 Å². The highest BCUT2D eigenvalue weighted by Gasteiger charge is 2.29. The molecule has 2 unspecified atom stereocenters. The predicted octanol–water partition coefficient (Wildman–Crippen LogP) is 4.29. The molecule has 1 heterocycles. The summed E-state index contributed by atoms with van der Waals surface area (Å²) < 4.78 is 4.97. The minimum absolute atomic E-state index is 0.0589. The van der Waals surface area contributed by atoms with Gasteiger partial charge in [0.25, 0.3) is 5.91 Å². The van der Waals surface area contributed by atoms with Crippen molar-refractivity contribution in [1.29, 1.82) is 0 Å². The quantitative estimate of drug-likeness (QED) is 0.439. The van der Waals surface area contributed by atoms with Crippen molar-refractivity contribution in [2.45, 2.75) is 58.5 Å². The Bertz CT molecular complexity index is 975. The molecule has 1 fully saturated rings. The summed E-state index contributed by atoms with van der Waals surface area (Å²) in [7, 11) is 1.43. The van der Waals surface area contributed by atoms with E-state index in [0.717, 1.165) is 48.2 Å². The third-order valence-electron chi connectivity index (χ3n) is 5.99. The van der Waals surface area contributed by atoms with Crippen LogP contribution in [-0.4, -0.2) is 42.8 Å². The Morgan fingerprint density at radius 1 is 1.24 bits per heavy atom. The van der Waals surface area contributed by atoms with Crippen LogP contribution in [0.2, 0.25) is 0 Å². The standard InChI is InChI=1S/C26H34N4O3/c1-4-13-27-16-22-18(2)28-17-23(25(31)29-15-19-9-6-5-7-10-19)24(22)30-21-12-8-11-20(14-21)26(32)33-3/h5-7,9-10,16-17,20-21H,4,8,11-15H2,1-3H3,(H,28,30)(H,29,31). The molecule has 1 aliphatic rings. The summed E-state index contributed by atoms with van der Waals surface area (Å²) in [6, 6.07) is 9.86. The van der Waals surface area contributed by atoms with Crippen molar-refractivity contribution >= 4 is 23.8 Å². The summed E-state index contributed by atoms with van der Waals surface area (Å²) in [6.07, 6.45) is 7.72. The lowest BCUT2D eigenvalue weighted by Crippen LogP contribution is -2.33. The Labute approximate surface area is 196 Å². The number of aliphatic imine (C=N–C) groups is 1. The molecule has 0 bridgehead atoms. The van der Waals surface area contributed by atoms with Crippen LogP contribution in [-0.2, 0) is 16.1 Å². The number of esters is 1. The molecule has 176 valence electrons. The van der Waals surface area contributed by atoms with Gasteiger partial charge in [0.1, 0.15) is 0 Å². The molecule has 7 nitrogen and oxygen atoms in total. The molecule has 0 radical (unpaired) electrons. The lowest BCUT2D eigenvalue weighted by atomic mass is 9.85. The van der Waals surface area contributed by atoms with Gasteiger partial charge in [-0.1, -0.05) is 43.7 Å². The van der Waals surface area contributed by atoms with Crippen LogP contribution in [0.5, 0.6) is 0 Å². The van der Waals surface area contributed by atoms with E-state index in [4.69, 9.17) is 4.74 Å². The first kappa shape index (κ1) is 24.4. The van der Waals surface area contributed by atoms with Gasteiger partial charge in [-0.25, -0.2) is 0 Å². The minimum atomic E-state index is -0.195. The van der Waals surface area contributed by atoms with E-state index in [9.17, 15) is 9.59 Å². The van der Waals surface area contributed by atoms with Gasteiger partial charge in [-0.3, -0.25) is 19.6 Å². The highest BCUT2D eigenvalue weighted by Crippen LogP contribution is 2.30. The second-order valence-corrected chi connectivity index (χ2v) is 8.48. The Morgan fingerprint density at radius 2 is 2.03 bits per heavy atom. The number of carbonyl (C=O) groups excluding carboxylic acids is 2. The largest absolute Gasteiger partial charge is 0.469 e. The number of aromatic nitrogens is 1. The lowest BCUT2D eigenvalue weighted by molar-refractivity contribution is -0.146. The average Bonchev–Trinajstić information content (AvgIpc) is 2.84. The van der Waals surface area contributed by atoms with E-state index in [1.54, 1.807) is 6.20 Å². The van der Waals surface area contributed by atoms with E-state index in [2.05, 4.69) is 27.5 Å². The zero-order valence-corrected chi connectivity index (χ0v) is 19.8. The van der Waals surface area contributed by atoms with Crippen molar-refractivity contribution in [2.75, 3.05) is 19.0 Å². The Hall–Kier alpha value is -3.22. The zero-order valence-electron chi connectivity index (χ0n) is 19.8. The van der Waals surface area contributed by atoms with Gasteiger partial charge in [0.05, 0.1) is 24.3 Å². The number of ether oxygens (including phenoxy) is 1. The SMILES string of the molecule is CCCN=Cc1c(C)ncc(C(=O)NCc2ccccc2)c1NC1CCCC(C(=O)OC)C1. The number of hydrogen-bond donors (Lipinski definition) is 2. The first-order valence-electron chi connectivity index (χ1n) is 11.7. The first-order chi connectivity index (χ1) is 16.0. The molecule has 1 aliphatic carbocycles. The van der Waals surface area contributed by atoms with Gasteiger partial charge in [0, 0.05) is 42.8 Å². The summed E-state index contributed by atoms with van der Waals surface area (Å²) in [6.45, 7) is 5.13. The molecular formula is C26H34N4O3. The third-order valence-corrected chi connectivity index (χ3v) is 5.99. The van der Waals surface area contributed by atoms with Gasteiger partial charge in [-0.15, -0.1) is 0 Å². The number of aryl methyl sites for hydroxylation is 1. The Kier molecular flexibility index (Phi) is 8.98. The number of pyridine rings is 1. The summed E-state index contributed by atoms with van der Waals surface area (Å²) in [4.78, 5) is 34.3. The van der Waals surface area contributed by atoms with Crippen LogP contribution in [0.3, 0.4) is 0 Å². The van der Waals surface area contributed by atoms with Gasteiger partial charge in [-0.2, -0.15) is 0 Å². The number of benzene rings is 1. The van der Waals surface area contributed by atoms with Crippen LogP contribution < -0.4 is 10.6 Å². The molecule has 7 heteroatoms. The molecule has 1 amide bonds. The highest BCUT2D eigenvalue weighted by molar-refractivity contribution is 6.04. The summed E-state index contributed by atoms with van der Waals surface area (Å²) >= 11 is 0. The maximum atomic E-state index is 13.2. The molecule has 2 N–H and O–H groups in total. The number of rotatable bonds is 9. The number of carbonyl (C=O) groups is 2. The Morgan fingerprint density at radius 3 is 2.76 bits per heavy atom. The molecule has 0 spiro atoms. The molecule has 3 rings (SSSR count). The van der Waals surface area contributed by atoms with Crippen molar-refractivity contribution in [3.63, 3.8) is 0 Å². The van der Waals surface area contributed by atoms with E-state index in [1.807, 2.05) is 43.5 Å². The van der Waals surface area contributed by atoms with E-state index >= 15 is 0 Å². The molecule has 1 aromatic carbocycles. The van der Waals surface area contributed by atoms with Gasteiger partial charge < -0.3 is 15.4 Å². The molecule has 1 saturated carbocycles. The molecule has 2 aromatic rings. The van der Waals surface area contributed by atoms with E-state index in [0.29, 0.717) is 25.1 Å². The maximum absolute atomic E-state index is 13.2. The average molecular weight is 451 g/mol. The van der Waals surface area contributed by atoms with Crippen LogP contribution in [0.15, 0.2) is 41.5 Å². The molecular weight excluding hydrogens is 416 g/mol. The fourth-order valence-corrected chi connectivity index (χ4v) is 4.17. The normalized spacial score (nSPS) is 18.2. The molecule has 1 aromatic heterocycles. The van der Waals surface area contributed by atoms with Gasteiger partial charge in [0.15, 0.2) is 0 Å². The Balaban J connectivity index is 1.88. The van der Waals surface area contributed by atoms with E-state index < -0.39 is 0 Å². The summed E-state index contributed by atoms with van der Waals surface area (Å²) in [5, 5.41) is 6.58. The summed E-state index contributed by atoms with van der Waals surface area (Å²) in [5.41, 5.74) is 3.85. The topological polar surface area (TPSA) is 92.7 Å². The summed E-state index contributed by atoms with van der Waals surface area (Å²) in [5.74, 6) is -0.492. The van der Waals surface area contributed by atoms with Crippen LogP contribution in [0.4, 0.5) is 5.69 Å². The van der Waals surface area contributed by atoms with E-state index in [1.165, 1.54) is 7.11 Å². The maximum Gasteiger partial charge on any atom is 0.308 e. The van der Waals surface area contributed by atoms with Crippen molar-refractivity contribution < 1.29 is 14.3 Å². The molecule has 0 aliphatic heterocycles. The number of anilines is 1. The van der Waals surface area contributed by atoms with Gasteiger partial charge in [-0.05, 0) is 38.2 Å². The predicted molar refractivity (Wildman–Crippen MR) is 131 cm³/mol. The number of methoxy groups -OCH3 is 1. The first-order valence-corrected chi connectivity index (χ1v) is 11.7. The van der Waals surface area contributed by atoms with Crippen LogP contribution in [0.25, 0.3) is 0 Å². The molecule has 33 heavy (non-hydrogen) atoms. The van der Waals surface area contributed by atoms with Crippen molar-refractivity contribution in [3.05, 3.63) is 58.9 Å². The van der Waals surface area contributed by atoms with E-state index in [-0.39, 0.29) is 23.8 Å². The monoisotopic (exact) mass is 450 g/mol. The fraction of sp³-hybridized carbons (Fsp3) is 0.462. The second-order valence-electron chi connectivity index (χ2n) is 8.48. The number of nitrogens with one attached hydrogen (secondary N) is 2. The van der Waals surface area contributed by atoms with Crippen molar-refractivity contribution in [2.24, 2.45) is 10.9 Å². The molecule has 2 atom stereocenters. The number of hydrogen-bond acceptors (Lipinski definition) is 6. The number of amides is 1. The fourth-order valence-electron chi connectivity index (χ4n) is 4.17. The van der Waals surface area contributed by atoms with Crippen LogP contribution in [0, 0.1) is 12.8 Å².